The van der Waals surface area contributed by atoms with E-state index in [1.807, 2.05) is 26.8 Å². The number of rotatable bonds is 2. The topological polar surface area (TPSA) is 76.8 Å². The van der Waals surface area contributed by atoms with E-state index in [-0.39, 0.29) is 0 Å². The van der Waals surface area contributed by atoms with Gasteiger partial charge >= 0.3 is 0 Å². The lowest BCUT2D eigenvalue weighted by molar-refractivity contribution is 0.409. The van der Waals surface area contributed by atoms with E-state index < -0.39 is 0 Å². The second-order valence-corrected chi connectivity index (χ2v) is 4.02. The van der Waals surface area contributed by atoms with Crippen molar-refractivity contribution in [3.05, 3.63) is 23.1 Å². The van der Waals surface area contributed by atoms with Gasteiger partial charge in [0, 0.05) is 16.8 Å². The van der Waals surface area contributed by atoms with Crippen molar-refractivity contribution in [1.29, 1.82) is 0 Å². The molecule has 0 spiro atoms. The molecule has 0 atom stereocenters. The highest BCUT2D eigenvalue weighted by Gasteiger charge is 2.15. The average molecular weight is 232 g/mol. The molecule has 0 unspecified atom stereocenters. The summed E-state index contributed by atoms with van der Waals surface area (Å²) < 4.78 is 5.27. The molecule has 2 rings (SSSR count). The van der Waals surface area contributed by atoms with Crippen LogP contribution in [0.1, 0.15) is 17.1 Å². The summed E-state index contributed by atoms with van der Waals surface area (Å²) in [6.45, 7) is 5.76. The number of nitrogens with two attached hydrogens (primary N) is 1. The quantitative estimate of drug-likeness (QED) is 0.830. The number of ether oxygens (including phenoxy) is 1. The molecule has 2 aromatic heterocycles. The number of aromatic nitrogens is 3. The molecule has 0 amide bonds. The second kappa shape index (κ2) is 4.08. The number of pyridine rings is 1. The number of nitrogens with one attached hydrogen (secondary N) is 1. The molecule has 2 heterocycles. The first kappa shape index (κ1) is 11.4. The van der Waals surface area contributed by atoms with Crippen molar-refractivity contribution >= 4 is 5.82 Å². The molecule has 0 aliphatic carbocycles. The fourth-order valence-corrected chi connectivity index (χ4v) is 1.96. The van der Waals surface area contributed by atoms with Crippen molar-refractivity contribution in [2.75, 3.05) is 12.8 Å². The van der Waals surface area contributed by atoms with E-state index in [1.165, 1.54) is 0 Å². The Kier molecular flexibility index (Phi) is 2.75. The van der Waals surface area contributed by atoms with Gasteiger partial charge in [0.05, 0.1) is 18.5 Å². The molecular formula is C12H16N4O. The Morgan fingerprint density at radius 3 is 2.47 bits per heavy atom. The van der Waals surface area contributed by atoms with E-state index in [0.29, 0.717) is 5.82 Å². The number of H-pyrrole nitrogens is 1. The van der Waals surface area contributed by atoms with Crippen LogP contribution >= 0.6 is 0 Å². The SMILES string of the molecule is COc1cc(-c2c(C)n[nH]c2C)c(N)nc1C. The van der Waals surface area contributed by atoms with Crippen LogP contribution in [0.25, 0.3) is 11.1 Å². The Labute approximate surface area is 100 Å². The highest BCUT2D eigenvalue weighted by atomic mass is 16.5. The number of nitrogens with zero attached hydrogens (tertiary/aromatic N) is 2. The minimum atomic E-state index is 0.496. The van der Waals surface area contributed by atoms with Crippen LogP contribution in [-0.4, -0.2) is 22.3 Å². The summed E-state index contributed by atoms with van der Waals surface area (Å²) in [5.41, 5.74) is 10.5. The van der Waals surface area contributed by atoms with Gasteiger partial charge in [-0.25, -0.2) is 4.98 Å². The third kappa shape index (κ3) is 1.84. The Bertz CT molecular complexity index is 540. The average Bonchev–Trinajstić information content (AvgIpc) is 2.60. The number of methoxy groups -OCH3 is 1. The minimum Gasteiger partial charge on any atom is -0.495 e. The molecule has 0 aliphatic rings. The number of nitrogen functional groups attached to an aromatic ring is 1. The highest BCUT2D eigenvalue weighted by molar-refractivity contribution is 5.78. The zero-order valence-electron chi connectivity index (χ0n) is 10.5. The van der Waals surface area contributed by atoms with Crippen LogP contribution in [-0.2, 0) is 0 Å². The third-order valence-corrected chi connectivity index (χ3v) is 2.81. The van der Waals surface area contributed by atoms with E-state index in [4.69, 9.17) is 10.5 Å². The van der Waals surface area contributed by atoms with Crippen LogP contribution in [0.5, 0.6) is 5.75 Å². The van der Waals surface area contributed by atoms with Crippen LogP contribution in [0.4, 0.5) is 5.82 Å². The van der Waals surface area contributed by atoms with Crippen molar-refractivity contribution in [2.45, 2.75) is 20.8 Å². The van der Waals surface area contributed by atoms with Gasteiger partial charge in [-0.15, -0.1) is 0 Å². The third-order valence-electron chi connectivity index (χ3n) is 2.81. The second-order valence-electron chi connectivity index (χ2n) is 4.02. The summed E-state index contributed by atoms with van der Waals surface area (Å²) >= 11 is 0. The largest absolute Gasteiger partial charge is 0.495 e. The van der Waals surface area contributed by atoms with Gasteiger partial charge in [-0.3, -0.25) is 5.10 Å². The first-order chi connectivity index (χ1) is 8.04. The van der Waals surface area contributed by atoms with Gasteiger partial charge in [-0.05, 0) is 26.8 Å². The fourth-order valence-electron chi connectivity index (χ4n) is 1.96. The molecule has 0 fully saturated rings. The number of anilines is 1. The van der Waals surface area contributed by atoms with E-state index in [9.17, 15) is 0 Å². The van der Waals surface area contributed by atoms with Crippen LogP contribution in [0.2, 0.25) is 0 Å². The van der Waals surface area contributed by atoms with Crippen molar-refractivity contribution in [2.24, 2.45) is 0 Å². The van der Waals surface area contributed by atoms with E-state index >= 15 is 0 Å². The molecule has 17 heavy (non-hydrogen) atoms. The number of hydrogen-bond donors (Lipinski definition) is 2. The summed E-state index contributed by atoms with van der Waals surface area (Å²) in [4.78, 5) is 4.29. The maximum atomic E-state index is 5.97. The maximum absolute atomic E-state index is 5.97. The zero-order chi connectivity index (χ0) is 12.6. The lowest BCUT2D eigenvalue weighted by atomic mass is 10.0. The van der Waals surface area contributed by atoms with E-state index in [1.54, 1.807) is 7.11 Å². The smallest absolute Gasteiger partial charge is 0.140 e. The van der Waals surface area contributed by atoms with Gasteiger partial charge in [0.25, 0.3) is 0 Å². The Hall–Kier alpha value is -2.04. The molecular weight excluding hydrogens is 216 g/mol. The molecule has 90 valence electrons. The first-order valence-corrected chi connectivity index (χ1v) is 5.37. The molecule has 5 heteroatoms. The number of aromatic amines is 1. The fraction of sp³-hybridized carbons (Fsp3) is 0.333. The van der Waals surface area contributed by atoms with Gasteiger partial charge in [0.1, 0.15) is 11.6 Å². The van der Waals surface area contributed by atoms with Gasteiger partial charge in [0.15, 0.2) is 0 Å². The molecule has 0 saturated carbocycles. The predicted molar refractivity (Wildman–Crippen MR) is 67.0 cm³/mol. The predicted octanol–water partition coefficient (Wildman–Crippen LogP) is 1.99. The zero-order valence-corrected chi connectivity index (χ0v) is 10.5. The normalized spacial score (nSPS) is 10.6. The van der Waals surface area contributed by atoms with Crippen molar-refractivity contribution in [3.63, 3.8) is 0 Å². The molecule has 5 nitrogen and oxygen atoms in total. The molecule has 2 aromatic rings. The summed E-state index contributed by atoms with van der Waals surface area (Å²) in [6.07, 6.45) is 0. The van der Waals surface area contributed by atoms with Crippen molar-refractivity contribution < 1.29 is 4.74 Å². The molecule has 0 bridgehead atoms. The Morgan fingerprint density at radius 2 is 1.94 bits per heavy atom. The van der Waals surface area contributed by atoms with Crippen molar-refractivity contribution in [3.8, 4) is 16.9 Å². The number of aryl methyl sites for hydroxylation is 3. The summed E-state index contributed by atoms with van der Waals surface area (Å²) in [5.74, 6) is 1.23. The summed E-state index contributed by atoms with van der Waals surface area (Å²) in [7, 11) is 1.62. The highest BCUT2D eigenvalue weighted by Crippen LogP contribution is 2.33. The monoisotopic (exact) mass is 232 g/mol. The Balaban J connectivity index is 2.67. The van der Waals surface area contributed by atoms with Gasteiger partial charge < -0.3 is 10.5 Å². The standard InChI is InChI=1S/C12H16N4O/c1-6-10(17-4)5-9(12(13)14-6)11-7(2)15-16-8(11)3/h5H,1-4H3,(H2,13,14)(H,15,16). The summed E-state index contributed by atoms with van der Waals surface area (Å²) in [5, 5.41) is 7.10. The molecule has 0 saturated heterocycles. The molecule has 0 aliphatic heterocycles. The van der Waals surface area contributed by atoms with Gasteiger partial charge in [-0.2, -0.15) is 5.10 Å². The van der Waals surface area contributed by atoms with E-state index in [0.717, 1.165) is 34.0 Å². The summed E-state index contributed by atoms with van der Waals surface area (Å²) in [6, 6.07) is 1.91. The van der Waals surface area contributed by atoms with Crippen LogP contribution < -0.4 is 10.5 Å². The lowest BCUT2D eigenvalue weighted by Gasteiger charge is -2.10. The lowest BCUT2D eigenvalue weighted by Crippen LogP contribution is -2.00. The maximum Gasteiger partial charge on any atom is 0.140 e. The first-order valence-electron chi connectivity index (χ1n) is 5.37. The molecule has 0 aromatic carbocycles. The van der Waals surface area contributed by atoms with E-state index in [2.05, 4.69) is 15.2 Å². The Morgan fingerprint density at radius 1 is 1.24 bits per heavy atom. The van der Waals surface area contributed by atoms with Crippen LogP contribution in [0.15, 0.2) is 6.07 Å². The molecule has 0 radical (unpaired) electrons. The molecule has 3 N–H and O–H groups in total. The van der Waals surface area contributed by atoms with Gasteiger partial charge in [-0.1, -0.05) is 0 Å². The van der Waals surface area contributed by atoms with Crippen LogP contribution in [0.3, 0.4) is 0 Å². The van der Waals surface area contributed by atoms with Crippen LogP contribution in [0, 0.1) is 20.8 Å². The van der Waals surface area contributed by atoms with Crippen molar-refractivity contribution in [1.82, 2.24) is 15.2 Å². The number of hydrogen-bond acceptors (Lipinski definition) is 4. The minimum absolute atomic E-state index is 0.496. The van der Waals surface area contributed by atoms with Gasteiger partial charge in [0.2, 0.25) is 0 Å².